The Hall–Kier alpha value is -0.580. The van der Waals surface area contributed by atoms with Crippen LogP contribution in [0.2, 0.25) is 0 Å². The lowest BCUT2D eigenvalue weighted by Crippen LogP contribution is -2.47. The van der Waals surface area contributed by atoms with Crippen molar-refractivity contribution >= 4 is 34.7 Å². The van der Waals surface area contributed by atoms with Gasteiger partial charge in [-0.1, -0.05) is 0 Å². The number of nitrogens with one attached hydrogen (secondary N) is 1. The summed E-state index contributed by atoms with van der Waals surface area (Å²) in [5.74, 6) is 0.174. The van der Waals surface area contributed by atoms with Crippen LogP contribution in [-0.2, 0) is 4.79 Å². The van der Waals surface area contributed by atoms with Gasteiger partial charge in [0.15, 0.2) is 0 Å². The van der Waals surface area contributed by atoms with Gasteiger partial charge < -0.3 is 10.2 Å². The zero-order valence-corrected chi connectivity index (χ0v) is 9.58. The van der Waals surface area contributed by atoms with E-state index in [9.17, 15) is 4.79 Å². The van der Waals surface area contributed by atoms with Crippen molar-refractivity contribution < 1.29 is 4.79 Å². The number of thiophene rings is 1. The summed E-state index contributed by atoms with van der Waals surface area (Å²) in [5.41, 5.74) is 0. The molecule has 0 bridgehead atoms. The van der Waals surface area contributed by atoms with Gasteiger partial charge in [-0.15, -0.1) is 23.7 Å². The lowest BCUT2D eigenvalue weighted by atomic mass is 10.3. The van der Waals surface area contributed by atoms with E-state index in [4.69, 9.17) is 0 Å². The lowest BCUT2D eigenvalue weighted by molar-refractivity contribution is -0.118. The van der Waals surface area contributed by atoms with Gasteiger partial charge >= 0.3 is 0 Å². The molecule has 0 aromatic carbocycles. The number of nitrogens with zero attached hydrogens (tertiary/aromatic N) is 1. The minimum atomic E-state index is 0. The molecule has 1 amide bonds. The van der Waals surface area contributed by atoms with Crippen LogP contribution < -0.4 is 10.2 Å². The smallest absolute Gasteiger partial charge is 0.241 e. The maximum absolute atomic E-state index is 11.5. The predicted molar refractivity (Wildman–Crippen MR) is 61.5 cm³/mol. The van der Waals surface area contributed by atoms with E-state index in [1.165, 1.54) is 4.88 Å². The van der Waals surface area contributed by atoms with Crippen molar-refractivity contribution in [1.82, 2.24) is 5.32 Å². The van der Waals surface area contributed by atoms with Crippen molar-refractivity contribution in [2.24, 2.45) is 0 Å². The summed E-state index contributed by atoms with van der Waals surface area (Å²) in [6, 6.07) is 4.07. The molecule has 3 nitrogen and oxygen atoms in total. The summed E-state index contributed by atoms with van der Waals surface area (Å²) in [5, 5.41) is 4.13. The summed E-state index contributed by atoms with van der Waals surface area (Å²) in [4.78, 5) is 14.6. The Bertz CT molecular complexity index is 326. The summed E-state index contributed by atoms with van der Waals surface area (Å²) < 4.78 is 0. The normalized spacial score (nSPS) is 16.6. The molecule has 2 heterocycles. The highest BCUT2D eigenvalue weighted by Gasteiger charge is 2.19. The molecule has 5 heteroatoms. The van der Waals surface area contributed by atoms with Crippen LogP contribution >= 0.6 is 23.7 Å². The van der Waals surface area contributed by atoms with E-state index < -0.39 is 0 Å². The number of amides is 1. The van der Waals surface area contributed by atoms with E-state index in [-0.39, 0.29) is 18.3 Å². The van der Waals surface area contributed by atoms with E-state index >= 15 is 0 Å². The predicted octanol–water partition coefficient (Wildman–Crippen LogP) is 1.41. The number of carbonyl (C=O) groups is 1. The largest absolute Gasteiger partial charge is 0.307 e. The van der Waals surface area contributed by atoms with E-state index in [1.54, 1.807) is 11.3 Å². The summed E-state index contributed by atoms with van der Waals surface area (Å²) in [6.07, 6.45) is 0. The standard InChI is InChI=1S/C9H12N2OS.ClH/c1-7-2-3-9(13-7)11-5-4-10-6-8(11)12;/h2-3,10H,4-6H2,1H3;1H. The first kappa shape index (κ1) is 11.5. The molecule has 1 aromatic heterocycles. The van der Waals surface area contributed by atoms with E-state index in [0.717, 1.165) is 18.1 Å². The topological polar surface area (TPSA) is 32.3 Å². The molecule has 78 valence electrons. The number of anilines is 1. The Kier molecular flexibility index (Phi) is 3.92. The van der Waals surface area contributed by atoms with Gasteiger partial charge in [0.2, 0.25) is 5.91 Å². The van der Waals surface area contributed by atoms with Gasteiger partial charge in [0, 0.05) is 18.0 Å². The highest BCUT2D eigenvalue weighted by atomic mass is 35.5. The van der Waals surface area contributed by atoms with Crippen molar-refractivity contribution in [2.75, 3.05) is 24.5 Å². The van der Waals surface area contributed by atoms with Gasteiger partial charge in [0.05, 0.1) is 11.5 Å². The number of piperazine rings is 1. The Labute approximate surface area is 93.5 Å². The first-order chi connectivity index (χ1) is 6.27. The van der Waals surface area contributed by atoms with E-state index in [1.807, 2.05) is 11.0 Å². The average Bonchev–Trinajstić information content (AvgIpc) is 2.53. The Balaban J connectivity index is 0.000000980. The molecule has 1 fully saturated rings. The fourth-order valence-corrected chi connectivity index (χ4v) is 2.31. The van der Waals surface area contributed by atoms with E-state index in [2.05, 4.69) is 18.3 Å². The number of aryl methyl sites for hydroxylation is 1. The summed E-state index contributed by atoms with van der Waals surface area (Å²) in [7, 11) is 0. The zero-order valence-electron chi connectivity index (χ0n) is 7.95. The second kappa shape index (κ2) is 4.77. The van der Waals surface area contributed by atoms with Gasteiger partial charge in [-0.2, -0.15) is 0 Å². The molecule has 2 rings (SSSR count). The van der Waals surface area contributed by atoms with Gasteiger partial charge in [-0.05, 0) is 19.1 Å². The van der Waals surface area contributed by atoms with Crippen LogP contribution in [0.3, 0.4) is 0 Å². The van der Waals surface area contributed by atoms with Crippen LogP contribution in [0.4, 0.5) is 5.00 Å². The fraction of sp³-hybridized carbons (Fsp3) is 0.444. The summed E-state index contributed by atoms with van der Waals surface area (Å²) >= 11 is 1.68. The Morgan fingerprint density at radius 3 is 2.86 bits per heavy atom. The van der Waals surface area contributed by atoms with E-state index in [0.29, 0.717) is 6.54 Å². The molecule has 0 aliphatic carbocycles. The number of halogens is 1. The van der Waals surface area contributed by atoms with Gasteiger partial charge in [-0.25, -0.2) is 0 Å². The number of rotatable bonds is 1. The molecule has 1 saturated heterocycles. The molecular formula is C9H13ClN2OS. The van der Waals surface area contributed by atoms with Gasteiger partial charge in [0.1, 0.15) is 0 Å². The number of hydrogen-bond donors (Lipinski definition) is 1. The molecule has 1 aliphatic heterocycles. The average molecular weight is 233 g/mol. The lowest BCUT2D eigenvalue weighted by Gasteiger charge is -2.25. The third-order valence-corrected chi connectivity index (χ3v) is 3.11. The monoisotopic (exact) mass is 232 g/mol. The molecule has 1 aromatic rings. The first-order valence-corrected chi connectivity index (χ1v) is 5.16. The first-order valence-electron chi connectivity index (χ1n) is 4.35. The van der Waals surface area contributed by atoms with Gasteiger partial charge in [-0.3, -0.25) is 4.79 Å². The van der Waals surface area contributed by atoms with Crippen LogP contribution in [0.5, 0.6) is 0 Å². The third-order valence-electron chi connectivity index (χ3n) is 2.08. The SMILES string of the molecule is Cc1ccc(N2CCNCC2=O)s1.Cl. The second-order valence-corrected chi connectivity index (χ2v) is 4.37. The van der Waals surface area contributed by atoms with Crippen molar-refractivity contribution in [3.63, 3.8) is 0 Å². The second-order valence-electron chi connectivity index (χ2n) is 3.11. The number of hydrogen-bond acceptors (Lipinski definition) is 3. The van der Waals surface area contributed by atoms with Crippen LogP contribution in [0.1, 0.15) is 4.88 Å². The van der Waals surface area contributed by atoms with Crippen LogP contribution in [0, 0.1) is 6.92 Å². The minimum Gasteiger partial charge on any atom is -0.307 e. The summed E-state index contributed by atoms with van der Waals surface area (Å²) in [6.45, 7) is 4.21. The molecule has 0 saturated carbocycles. The quantitative estimate of drug-likeness (QED) is 0.794. The fourth-order valence-electron chi connectivity index (χ4n) is 1.41. The Morgan fingerprint density at radius 2 is 2.29 bits per heavy atom. The van der Waals surface area contributed by atoms with Crippen LogP contribution in [0.15, 0.2) is 12.1 Å². The highest BCUT2D eigenvalue weighted by Crippen LogP contribution is 2.25. The maximum Gasteiger partial charge on any atom is 0.241 e. The molecule has 0 unspecified atom stereocenters. The van der Waals surface area contributed by atoms with Crippen molar-refractivity contribution in [3.8, 4) is 0 Å². The highest BCUT2D eigenvalue weighted by molar-refractivity contribution is 7.16. The Morgan fingerprint density at radius 1 is 1.50 bits per heavy atom. The molecule has 0 spiro atoms. The molecule has 1 aliphatic rings. The minimum absolute atomic E-state index is 0. The zero-order chi connectivity index (χ0) is 9.26. The van der Waals surface area contributed by atoms with Crippen LogP contribution in [-0.4, -0.2) is 25.5 Å². The molecular weight excluding hydrogens is 220 g/mol. The van der Waals surface area contributed by atoms with Crippen molar-refractivity contribution in [1.29, 1.82) is 0 Å². The van der Waals surface area contributed by atoms with Crippen LogP contribution in [0.25, 0.3) is 0 Å². The molecule has 1 N–H and O–H groups in total. The molecule has 0 atom stereocenters. The molecule has 14 heavy (non-hydrogen) atoms. The maximum atomic E-state index is 11.5. The van der Waals surface area contributed by atoms with Crippen molar-refractivity contribution in [2.45, 2.75) is 6.92 Å². The molecule has 0 radical (unpaired) electrons. The number of carbonyl (C=O) groups excluding carboxylic acids is 1. The third kappa shape index (κ3) is 2.26. The van der Waals surface area contributed by atoms with Gasteiger partial charge in [0.25, 0.3) is 0 Å². The van der Waals surface area contributed by atoms with Crippen molar-refractivity contribution in [3.05, 3.63) is 17.0 Å².